The van der Waals surface area contributed by atoms with Crippen molar-refractivity contribution in [2.75, 3.05) is 6.54 Å². The number of aryl methyl sites for hydroxylation is 2. The number of hydrogen-bond donors (Lipinski definition) is 1. The van der Waals surface area contributed by atoms with Gasteiger partial charge in [-0.05, 0) is 48.4 Å². The molecule has 2 rings (SSSR count). The number of benzene rings is 2. The van der Waals surface area contributed by atoms with E-state index in [2.05, 4.69) is 75.5 Å². The molecule has 0 fully saturated rings. The molecule has 0 saturated heterocycles. The zero-order chi connectivity index (χ0) is 16.8. The second-order valence-corrected chi connectivity index (χ2v) is 6.60. The Hall–Kier alpha value is -2.09. The summed E-state index contributed by atoms with van der Waals surface area (Å²) in [5, 5.41) is 3.02. The normalized spacial score (nSPS) is 10.8. The van der Waals surface area contributed by atoms with Crippen LogP contribution in [0, 0.1) is 13.8 Å². The second kappa shape index (κ2) is 7.96. The van der Waals surface area contributed by atoms with E-state index in [0.29, 0.717) is 18.9 Å². The van der Waals surface area contributed by atoms with E-state index < -0.39 is 0 Å². The van der Waals surface area contributed by atoms with Gasteiger partial charge in [0, 0.05) is 6.54 Å². The van der Waals surface area contributed by atoms with Crippen LogP contribution in [-0.4, -0.2) is 12.5 Å². The molecule has 2 aromatic rings. The third-order valence-corrected chi connectivity index (χ3v) is 4.24. The lowest BCUT2D eigenvalue weighted by Crippen LogP contribution is -2.27. The van der Waals surface area contributed by atoms with Crippen LogP contribution >= 0.6 is 0 Å². The Morgan fingerprint density at radius 3 is 2.39 bits per heavy atom. The summed E-state index contributed by atoms with van der Waals surface area (Å²) in [5.41, 5.74) is 6.11. The van der Waals surface area contributed by atoms with Crippen molar-refractivity contribution < 1.29 is 4.79 Å². The van der Waals surface area contributed by atoms with Gasteiger partial charge in [0.05, 0.1) is 6.42 Å². The fraction of sp³-hybridized carbons (Fsp3) is 0.381. The van der Waals surface area contributed by atoms with E-state index in [1.165, 1.54) is 22.3 Å². The quantitative estimate of drug-likeness (QED) is 0.845. The zero-order valence-electron chi connectivity index (χ0n) is 14.6. The van der Waals surface area contributed by atoms with Gasteiger partial charge in [0.1, 0.15) is 0 Å². The molecule has 2 nitrogen and oxygen atoms in total. The van der Waals surface area contributed by atoms with Crippen molar-refractivity contribution >= 4 is 5.91 Å². The van der Waals surface area contributed by atoms with Crippen molar-refractivity contribution in [1.29, 1.82) is 0 Å². The number of rotatable bonds is 6. The summed E-state index contributed by atoms with van der Waals surface area (Å²) in [6, 6.07) is 14.9. The number of nitrogens with one attached hydrogen (secondary N) is 1. The Morgan fingerprint density at radius 1 is 1.04 bits per heavy atom. The third-order valence-electron chi connectivity index (χ3n) is 4.24. The van der Waals surface area contributed by atoms with Gasteiger partial charge in [0.15, 0.2) is 0 Å². The summed E-state index contributed by atoms with van der Waals surface area (Å²) >= 11 is 0. The van der Waals surface area contributed by atoms with Gasteiger partial charge in [-0.25, -0.2) is 0 Å². The first kappa shape index (κ1) is 17.3. The third kappa shape index (κ3) is 5.24. The smallest absolute Gasteiger partial charge is 0.224 e. The van der Waals surface area contributed by atoms with Crippen LogP contribution in [0.4, 0.5) is 0 Å². The molecule has 0 unspecified atom stereocenters. The molecular formula is C21H27NO. The maximum Gasteiger partial charge on any atom is 0.224 e. The molecule has 1 amide bonds. The number of carbonyl (C=O) groups is 1. The molecule has 0 heterocycles. The molecular weight excluding hydrogens is 282 g/mol. The van der Waals surface area contributed by atoms with E-state index in [-0.39, 0.29) is 5.91 Å². The first-order valence-electron chi connectivity index (χ1n) is 8.37. The van der Waals surface area contributed by atoms with Crippen molar-refractivity contribution in [3.63, 3.8) is 0 Å². The molecule has 2 aromatic carbocycles. The van der Waals surface area contributed by atoms with Crippen molar-refractivity contribution in [2.45, 2.75) is 46.5 Å². The van der Waals surface area contributed by atoms with Gasteiger partial charge in [-0.1, -0.05) is 61.9 Å². The second-order valence-electron chi connectivity index (χ2n) is 6.60. The Balaban J connectivity index is 1.81. The summed E-state index contributed by atoms with van der Waals surface area (Å²) < 4.78 is 0. The zero-order valence-corrected chi connectivity index (χ0v) is 14.6. The van der Waals surface area contributed by atoms with Crippen LogP contribution in [-0.2, 0) is 17.6 Å². The van der Waals surface area contributed by atoms with Gasteiger partial charge in [0.2, 0.25) is 5.91 Å². The first-order chi connectivity index (χ1) is 11.0. The number of amides is 1. The van der Waals surface area contributed by atoms with Crippen molar-refractivity contribution in [3.8, 4) is 0 Å². The molecule has 1 N–H and O–H groups in total. The predicted octanol–water partition coefficient (Wildman–Crippen LogP) is 4.33. The van der Waals surface area contributed by atoms with Crippen LogP contribution in [0.1, 0.15) is 47.6 Å². The largest absolute Gasteiger partial charge is 0.355 e. The number of carbonyl (C=O) groups excluding carboxylic acids is 1. The first-order valence-corrected chi connectivity index (χ1v) is 8.37. The van der Waals surface area contributed by atoms with E-state index in [9.17, 15) is 4.79 Å². The molecule has 122 valence electrons. The van der Waals surface area contributed by atoms with E-state index in [1.807, 2.05) is 0 Å². The molecule has 23 heavy (non-hydrogen) atoms. The van der Waals surface area contributed by atoms with Crippen molar-refractivity contribution in [3.05, 3.63) is 70.3 Å². The maximum atomic E-state index is 12.1. The van der Waals surface area contributed by atoms with Crippen LogP contribution in [0.25, 0.3) is 0 Å². The fourth-order valence-corrected chi connectivity index (χ4v) is 2.64. The van der Waals surface area contributed by atoms with Gasteiger partial charge >= 0.3 is 0 Å². The average Bonchev–Trinajstić information content (AvgIpc) is 2.51. The van der Waals surface area contributed by atoms with Crippen molar-refractivity contribution in [2.24, 2.45) is 0 Å². The molecule has 0 spiro atoms. The Morgan fingerprint density at radius 2 is 1.74 bits per heavy atom. The van der Waals surface area contributed by atoms with E-state index >= 15 is 0 Å². The minimum Gasteiger partial charge on any atom is -0.355 e. The number of hydrogen-bond acceptors (Lipinski definition) is 1. The van der Waals surface area contributed by atoms with Crippen LogP contribution in [0.15, 0.2) is 42.5 Å². The highest BCUT2D eigenvalue weighted by Gasteiger charge is 2.06. The predicted molar refractivity (Wildman–Crippen MR) is 96.9 cm³/mol. The molecule has 0 aromatic heterocycles. The lowest BCUT2D eigenvalue weighted by molar-refractivity contribution is -0.120. The monoisotopic (exact) mass is 309 g/mol. The molecule has 0 saturated carbocycles. The van der Waals surface area contributed by atoms with Gasteiger partial charge in [-0.2, -0.15) is 0 Å². The maximum absolute atomic E-state index is 12.1. The summed E-state index contributed by atoms with van der Waals surface area (Å²) in [5.74, 6) is 0.652. The summed E-state index contributed by atoms with van der Waals surface area (Å²) in [6.07, 6.45) is 1.33. The molecule has 0 bridgehead atoms. The summed E-state index contributed by atoms with van der Waals surface area (Å²) in [4.78, 5) is 12.1. The molecule has 0 aliphatic carbocycles. The van der Waals surface area contributed by atoms with Crippen LogP contribution < -0.4 is 5.32 Å². The highest BCUT2D eigenvalue weighted by Crippen LogP contribution is 2.15. The van der Waals surface area contributed by atoms with Gasteiger partial charge in [0.25, 0.3) is 0 Å². The lowest BCUT2D eigenvalue weighted by atomic mass is 10.0. The summed E-state index contributed by atoms with van der Waals surface area (Å²) in [6.45, 7) is 9.19. The molecule has 0 aliphatic heterocycles. The highest BCUT2D eigenvalue weighted by atomic mass is 16.1. The topological polar surface area (TPSA) is 29.1 Å². The molecule has 2 heteroatoms. The molecule has 0 atom stereocenters. The van der Waals surface area contributed by atoms with Crippen LogP contribution in [0.5, 0.6) is 0 Å². The highest BCUT2D eigenvalue weighted by molar-refractivity contribution is 5.79. The molecule has 0 aliphatic rings. The Bertz CT molecular complexity index is 656. The average molecular weight is 309 g/mol. The lowest BCUT2D eigenvalue weighted by Gasteiger charge is -2.09. The van der Waals surface area contributed by atoms with Gasteiger partial charge in [-0.15, -0.1) is 0 Å². The van der Waals surface area contributed by atoms with Crippen LogP contribution in [0.2, 0.25) is 0 Å². The Kier molecular flexibility index (Phi) is 5.97. The van der Waals surface area contributed by atoms with Gasteiger partial charge in [-0.3, -0.25) is 4.79 Å². The van der Waals surface area contributed by atoms with E-state index in [1.54, 1.807) is 0 Å². The fourth-order valence-electron chi connectivity index (χ4n) is 2.64. The Labute approximate surface area is 139 Å². The standard InChI is InChI=1S/C21H27NO/c1-15(2)19-9-7-18(8-10-19)11-12-22-21(23)14-20-13-16(3)5-6-17(20)4/h5-10,13,15H,11-12,14H2,1-4H3,(H,22,23). The van der Waals surface area contributed by atoms with E-state index in [0.717, 1.165) is 12.0 Å². The summed E-state index contributed by atoms with van der Waals surface area (Å²) in [7, 11) is 0. The minimum absolute atomic E-state index is 0.0949. The van der Waals surface area contributed by atoms with Crippen LogP contribution in [0.3, 0.4) is 0 Å². The van der Waals surface area contributed by atoms with E-state index in [4.69, 9.17) is 0 Å². The van der Waals surface area contributed by atoms with Gasteiger partial charge < -0.3 is 5.32 Å². The minimum atomic E-state index is 0.0949. The van der Waals surface area contributed by atoms with Crippen molar-refractivity contribution in [1.82, 2.24) is 5.32 Å². The molecule has 0 radical (unpaired) electrons. The SMILES string of the molecule is Cc1ccc(C)c(CC(=O)NCCc2ccc(C(C)C)cc2)c1.